The molecule has 134 valence electrons. The first kappa shape index (κ1) is 18.8. The van der Waals surface area contributed by atoms with Gasteiger partial charge in [-0.05, 0) is 56.8 Å². The minimum absolute atomic E-state index is 0.0709. The van der Waals surface area contributed by atoms with E-state index in [1.165, 1.54) is 6.07 Å². The Morgan fingerprint density at radius 3 is 2.71 bits per heavy atom. The van der Waals surface area contributed by atoms with Gasteiger partial charge in [-0.3, -0.25) is 9.69 Å². The summed E-state index contributed by atoms with van der Waals surface area (Å²) in [5.74, 6) is -1.67. The van der Waals surface area contributed by atoms with E-state index in [4.69, 9.17) is 0 Å². The van der Waals surface area contributed by atoms with Gasteiger partial charge < -0.3 is 10.0 Å². The number of amides is 1. The Kier molecular flexibility index (Phi) is 6.29. The van der Waals surface area contributed by atoms with Crippen LogP contribution >= 0.6 is 0 Å². The van der Waals surface area contributed by atoms with E-state index in [-0.39, 0.29) is 30.5 Å². The fraction of sp³-hybridized carbons (Fsp3) is 0.611. The highest BCUT2D eigenvalue weighted by Crippen LogP contribution is 2.23. The monoisotopic (exact) mass is 340 g/mol. The minimum Gasteiger partial charge on any atom is -0.393 e. The van der Waals surface area contributed by atoms with Crippen molar-refractivity contribution in [2.75, 3.05) is 26.7 Å². The van der Waals surface area contributed by atoms with Crippen molar-refractivity contribution in [2.45, 2.75) is 38.8 Å². The number of carbonyl (C=O) groups is 1. The lowest BCUT2D eigenvalue weighted by Gasteiger charge is -2.35. The molecule has 1 fully saturated rings. The van der Waals surface area contributed by atoms with Gasteiger partial charge in [0.15, 0.2) is 11.6 Å². The maximum atomic E-state index is 13.4. The zero-order chi connectivity index (χ0) is 17.9. The molecule has 1 aromatic rings. The van der Waals surface area contributed by atoms with E-state index >= 15 is 0 Å². The molecule has 3 atom stereocenters. The molecular weight excluding hydrogens is 314 g/mol. The molecule has 1 saturated heterocycles. The summed E-state index contributed by atoms with van der Waals surface area (Å²) in [6, 6.07) is 3.37. The molecule has 1 aliphatic rings. The number of carbonyl (C=O) groups excluding carboxylic acids is 1. The predicted molar refractivity (Wildman–Crippen MR) is 88.4 cm³/mol. The molecule has 0 spiro atoms. The Balaban J connectivity index is 1.97. The third kappa shape index (κ3) is 4.51. The highest BCUT2D eigenvalue weighted by Gasteiger charge is 2.26. The molecule has 0 aliphatic carbocycles. The average Bonchev–Trinajstić information content (AvgIpc) is 2.56. The molecule has 0 aromatic heterocycles. The molecule has 0 saturated carbocycles. The van der Waals surface area contributed by atoms with Gasteiger partial charge in [0.2, 0.25) is 5.91 Å². The van der Waals surface area contributed by atoms with Gasteiger partial charge in [0.25, 0.3) is 0 Å². The Morgan fingerprint density at radius 1 is 1.38 bits per heavy atom. The van der Waals surface area contributed by atoms with E-state index in [0.717, 1.165) is 31.5 Å². The fourth-order valence-corrected chi connectivity index (χ4v) is 3.14. The van der Waals surface area contributed by atoms with E-state index in [1.807, 2.05) is 0 Å². The van der Waals surface area contributed by atoms with Crippen molar-refractivity contribution in [3.63, 3.8) is 0 Å². The zero-order valence-corrected chi connectivity index (χ0v) is 14.5. The largest absolute Gasteiger partial charge is 0.393 e. The van der Waals surface area contributed by atoms with E-state index in [0.29, 0.717) is 12.1 Å². The van der Waals surface area contributed by atoms with E-state index in [2.05, 4.69) is 4.90 Å². The summed E-state index contributed by atoms with van der Waals surface area (Å²) >= 11 is 0. The molecule has 1 amide bonds. The van der Waals surface area contributed by atoms with Crippen molar-refractivity contribution < 1.29 is 18.7 Å². The van der Waals surface area contributed by atoms with Crippen LogP contribution in [0.4, 0.5) is 8.78 Å². The number of aliphatic hydroxyl groups excluding tert-OH is 1. The van der Waals surface area contributed by atoms with Crippen LogP contribution in [-0.4, -0.2) is 53.6 Å². The van der Waals surface area contributed by atoms with Crippen LogP contribution in [0.3, 0.4) is 0 Å². The highest BCUT2D eigenvalue weighted by atomic mass is 19.2. The normalized spacial score (nSPS) is 21.3. The summed E-state index contributed by atoms with van der Waals surface area (Å²) in [6.45, 7) is 5.39. The highest BCUT2D eigenvalue weighted by molar-refractivity contribution is 5.78. The van der Waals surface area contributed by atoms with Gasteiger partial charge >= 0.3 is 0 Å². The molecule has 0 radical (unpaired) electrons. The molecule has 1 aromatic carbocycles. The van der Waals surface area contributed by atoms with E-state index in [9.17, 15) is 18.7 Å². The van der Waals surface area contributed by atoms with Gasteiger partial charge in [0, 0.05) is 13.6 Å². The van der Waals surface area contributed by atoms with Crippen molar-refractivity contribution in [1.29, 1.82) is 0 Å². The van der Waals surface area contributed by atoms with Crippen LogP contribution < -0.4 is 0 Å². The Hall–Kier alpha value is -1.53. The van der Waals surface area contributed by atoms with Crippen LogP contribution in [0, 0.1) is 17.6 Å². The Labute approximate surface area is 142 Å². The quantitative estimate of drug-likeness (QED) is 0.896. The summed E-state index contributed by atoms with van der Waals surface area (Å²) in [5.41, 5.74) is 0.560. The van der Waals surface area contributed by atoms with Gasteiger partial charge in [-0.2, -0.15) is 0 Å². The van der Waals surface area contributed by atoms with Crippen molar-refractivity contribution in [2.24, 2.45) is 5.92 Å². The van der Waals surface area contributed by atoms with Gasteiger partial charge in [0.05, 0.1) is 18.7 Å². The first-order chi connectivity index (χ1) is 11.3. The fourth-order valence-electron chi connectivity index (χ4n) is 3.14. The molecule has 3 unspecified atom stereocenters. The molecule has 1 N–H and O–H groups in total. The lowest BCUT2D eigenvalue weighted by Crippen LogP contribution is -2.45. The number of benzene rings is 1. The van der Waals surface area contributed by atoms with Gasteiger partial charge in [0.1, 0.15) is 0 Å². The number of likely N-dealkylation sites (N-methyl/N-ethyl adjacent to an activating group) is 1. The number of hydrogen-bond acceptors (Lipinski definition) is 3. The Bertz CT molecular complexity index is 580. The second kappa shape index (κ2) is 8.03. The third-order valence-electron chi connectivity index (χ3n) is 4.98. The number of hydrogen-bond donors (Lipinski definition) is 1. The summed E-state index contributed by atoms with van der Waals surface area (Å²) < 4.78 is 26.4. The zero-order valence-electron chi connectivity index (χ0n) is 14.5. The Morgan fingerprint density at radius 2 is 2.08 bits per heavy atom. The van der Waals surface area contributed by atoms with Crippen LogP contribution in [0.25, 0.3) is 0 Å². The second-order valence-electron chi connectivity index (χ2n) is 6.73. The molecule has 4 nitrogen and oxygen atoms in total. The standard InChI is InChI=1S/C18H26F2N2O2/c1-12(14-6-7-16(19)17(20)9-14)21(3)18(24)11-22-8-4-5-15(10-22)13(2)23/h6-7,9,12-13,15,23H,4-5,8,10-11H2,1-3H3. The van der Waals surface area contributed by atoms with Crippen LogP contribution in [-0.2, 0) is 4.79 Å². The molecule has 0 bridgehead atoms. The second-order valence-corrected chi connectivity index (χ2v) is 6.73. The molecule has 6 heteroatoms. The maximum Gasteiger partial charge on any atom is 0.236 e. The summed E-state index contributed by atoms with van der Waals surface area (Å²) in [7, 11) is 1.67. The average molecular weight is 340 g/mol. The smallest absolute Gasteiger partial charge is 0.236 e. The molecular formula is C18H26F2N2O2. The van der Waals surface area contributed by atoms with Crippen molar-refractivity contribution in [1.82, 2.24) is 9.80 Å². The van der Waals surface area contributed by atoms with E-state index < -0.39 is 11.6 Å². The molecule has 2 rings (SSSR count). The van der Waals surface area contributed by atoms with Crippen molar-refractivity contribution in [3.05, 3.63) is 35.4 Å². The number of piperidine rings is 1. The molecule has 24 heavy (non-hydrogen) atoms. The summed E-state index contributed by atoms with van der Waals surface area (Å²) in [4.78, 5) is 16.1. The van der Waals surface area contributed by atoms with Crippen LogP contribution in [0.1, 0.15) is 38.3 Å². The van der Waals surface area contributed by atoms with Crippen molar-refractivity contribution in [3.8, 4) is 0 Å². The van der Waals surface area contributed by atoms with Gasteiger partial charge in [-0.15, -0.1) is 0 Å². The van der Waals surface area contributed by atoms with Crippen molar-refractivity contribution >= 4 is 5.91 Å². The molecule has 1 heterocycles. The van der Waals surface area contributed by atoms with Crippen LogP contribution in [0.5, 0.6) is 0 Å². The lowest BCUT2D eigenvalue weighted by atomic mass is 9.93. The van der Waals surface area contributed by atoms with E-state index in [1.54, 1.807) is 25.8 Å². The number of likely N-dealkylation sites (tertiary alicyclic amines) is 1. The minimum atomic E-state index is -0.906. The number of aliphatic hydroxyl groups is 1. The van der Waals surface area contributed by atoms with Crippen LogP contribution in [0.15, 0.2) is 18.2 Å². The summed E-state index contributed by atoms with van der Waals surface area (Å²) in [5, 5.41) is 9.74. The molecule has 1 aliphatic heterocycles. The van der Waals surface area contributed by atoms with Crippen LogP contribution in [0.2, 0.25) is 0 Å². The first-order valence-electron chi connectivity index (χ1n) is 8.40. The topological polar surface area (TPSA) is 43.8 Å². The first-order valence-corrected chi connectivity index (χ1v) is 8.40. The number of rotatable bonds is 5. The SMILES string of the molecule is CC(O)C1CCCN(CC(=O)N(C)C(C)c2ccc(F)c(F)c2)C1. The number of nitrogens with zero attached hydrogens (tertiary/aromatic N) is 2. The maximum absolute atomic E-state index is 13.4. The van der Waals surface area contributed by atoms with Gasteiger partial charge in [-0.25, -0.2) is 8.78 Å². The third-order valence-corrected chi connectivity index (χ3v) is 4.98. The number of halogens is 2. The summed E-state index contributed by atoms with van der Waals surface area (Å²) in [6.07, 6.45) is 1.57. The lowest BCUT2D eigenvalue weighted by molar-refractivity contribution is -0.133. The van der Waals surface area contributed by atoms with Gasteiger partial charge in [-0.1, -0.05) is 6.07 Å². The predicted octanol–water partition coefficient (Wildman–Crippen LogP) is 2.58.